The topological polar surface area (TPSA) is 73.3 Å². The van der Waals surface area contributed by atoms with Crippen LogP contribution in [0.5, 0.6) is 11.5 Å². The molecule has 0 atom stereocenters. The summed E-state index contributed by atoms with van der Waals surface area (Å²) < 4.78 is 10.5. The normalized spacial score (nSPS) is 10.4. The number of thioether (sulfide) groups is 1. The molecule has 6 nitrogen and oxygen atoms in total. The highest BCUT2D eigenvalue weighted by Gasteiger charge is 2.13. The molecule has 1 heterocycles. The average Bonchev–Trinajstić information content (AvgIpc) is 2.73. The Bertz CT molecular complexity index is 998. The van der Waals surface area contributed by atoms with Gasteiger partial charge >= 0.3 is 0 Å². The zero-order valence-corrected chi connectivity index (χ0v) is 18.0. The Morgan fingerprint density at radius 3 is 2.55 bits per heavy atom. The first-order chi connectivity index (χ1) is 14.1. The van der Waals surface area contributed by atoms with Crippen molar-refractivity contribution in [1.29, 1.82) is 0 Å². The number of hydrogen-bond donors (Lipinski definition) is 1. The fourth-order valence-corrected chi connectivity index (χ4v) is 4.32. The number of hydrogen-bond acceptors (Lipinski definition) is 7. The van der Waals surface area contributed by atoms with Crippen molar-refractivity contribution in [2.24, 2.45) is 0 Å². The minimum Gasteiger partial charge on any atom is -0.497 e. The minimum atomic E-state index is -0.157. The van der Waals surface area contributed by atoms with Gasteiger partial charge in [0.05, 0.1) is 25.7 Å². The van der Waals surface area contributed by atoms with Gasteiger partial charge in [-0.05, 0) is 31.2 Å². The molecule has 8 heteroatoms. The van der Waals surface area contributed by atoms with E-state index in [4.69, 9.17) is 9.47 Å². The lowest BCUT2D eigenvalue weighted by Gasteiger charge is -2.12. The van der Waals surface area contributed by atoms with Gasteiger partial charge < -0.3 is 14.8 Å². The molecule has 1 N–H and O–H groups in total. The van der Waals surface area contributed by atoms with Gasteiger partial charge in [-0.3, -0.25) is 4.79 Å². The molecule has 0 spiro atoms. The van der Waals surface area contributed by atoms with Gasteiger partial charge in [-0.2, -0.15) is 0 Å². The predicted molar refractivity (Wildman–Crippen MR) is 116 cm³/mol. The molecule has 0 aliphatic heterocycles. The summed E-state index contributed by atoms with van der Waals surface area (Å²) in [6, 6.07) is 13.4. The van der Waals surface area contributed by atoms with Crippen molar-refractivity contribution in [3.8, 4) is 11.5 Å². The third-order valence-electron chi connectivity index (χ3n) is 3.86. The predicted octanol–water partition coefficient (Wildman–Crippen LogP) is 4.68. The van der Waals surface area contributed by atoms with Crippen molar-refractivity contribution < 1.29 is 14.3 Å². The second-order valence-corrected chi connectivity index (χ2v) is 8.01. The van der Waals surface area contributed by atoms with Crippen LogP contribution in [-0.2, 0) is 4.79 Å². The largest absolute Gasteiger partial charge is 0.497 e. The number of anilines is 1. The van der Waals surface area contributed by atoms with Crippen LogP contribution in [0.3, 0.4) is 0 Å². The molecule has 0 aliphatic rings. The monoisotopic (exact) mass is 427 g/mol. The highest BCUT2D eigenvalue weighted by molar-refractivity contribution is 8.02. The number of nitrogens with zero attached hydrogens (tertiary/aromatic N) is 2. The summed E-state index contributed by atoms with van der Waals surface area (Å²) >= 11 is 2.88. The molecule has 3 aromatic rings. The number of benzene rings is 2. The number of rotatable bonds is 8. The molecular formula is C21H21N3O3S2. The summed E-state index contributed by atoms with van der Waals surface area (Å²) in [4.78, 5) is 22.3. The molecule has 1 aromatic heterocycles. The van der Waals surface area contributed by atoms with Crippen LogP contribution < -0.4 is 14.8 Å². The molecular weight excluding hydrogens is 406 g/mol. The Morgan fingerprint density at radius 1 is 1.03 bits per heavy atom. The summed E-state index contributed by atoms with van der Waals surface area (Å²) in [5, 5.41) is 4.36. The van der Waals surface area contributed by atoms with Crippen LogP contribution in [0.15, 0.2) is 69.8 Å². The second-order valence-electron chi connectivity index (χ2n) is 5.99. The van der Waals surface area contributed by atoms with Gasteiger partial charge in [-0.15, -0.1) is 0 Å². The van der Waals surface area contributed by atoms with Gasteiger partial charge in [0.1, 0.15) is 21.6 Å². The van der Waals surface area contributed by atoms with E-state index < -0.39 is 0 Å². The van der Waals surface area contributed by atoms with Crippen molar-refractivity contribution in [3.63, 3.8) is 0 Å². The van der Waals surface area contributed by atoms with Crippen LogP contribution in [0.4, 0.5) is 5.69 Å². The highest BCUT2D eigenvalue weighted by Crippen LogP contribution is 2.33. The number of amides is 1. The number of methoxy groups -OCH3 is 2. The molecule has 0 saturated carbocycles. The van der Waals surface area contributed by atoms with E-state index in [1.165, 1.54) is 29.1 Å². The number of aryl methyl sites for hydroxylation is 1. The molecule has 0 unspecified atom stereocenters. The lowest BCUT2D eigenvalue weighted by molar-refractivity contribution is -0.113. The fourth-order valence-electron chi connectivity index (χ4n) is 2.49. The number of ether oxygens (including phenoxy) is 2. The van der Waals surface area contributed by atoms with E-state index in [0.29, 0.717) is 17.2 Å². The van der Waals surface area contributed by atoms with Crippen molar-refractivity contribution in [1.82, 2.24) is 9.97 Å². The molecule has 1 amide bonds. The molecule has 0 aliphatic carbocycles. The van der Waals surface area contributed by atoms with Gasteiger partial charge in [0, 0.05) is 23.4 Å². The number of carbonyl (C=O) groups is 1. The van der Waals surface area contributed by atoms with Crippen LogP contribution in [0.2, 0.25) is 0 Å². The number of carbonyl (C=O) groups excluding carboxylic acids is 1. The minimum absolute atomic E-state index is 0.157. The lowest BCUT2D eigenvalue weighted by Crippen LogP contribution is -2.15. The van der Waals surface area contributed by atoms with Crippen molar-refractivity contribution >= 4 is 35.1 Å². The number of nitrogens with one attached hydrogen (secondary N) is 1. The van der Waals surface area contributed by atoms with E-state index in [0.717, 1.165) is 14.9 Å². The molecule has 2 aromatic carbocycles. The van der Waals surface area contributed by atoms with Gasteiger partial charge in [0.15, 0.2) is 0 Å². The van der Waals surface area contributed by atoms with Gasteiger partial charge in [0.25, 0.3) is 0 Å². The third-order valence-corrected chi connectivity index (χ3v) is 5.95. The van der Waals surface area contributed by atoms with Crippen molar-refractivity contribution in [3.05, 3.63) is 60.4 Å². The zero-order valence-electron chi connectivity index (χ0n) is 16.3. The Kier molecular flexibility index (Phi) is 7.37. The molecule has 150 valence electrons. The average molecular weight is 428 g/mol. The van der Waals surface area contributed by atoms with E-state index in [2.05, 4.69) is 21.4 Å². The SMILES string of the molecule is COc1ccc(NC(=O)CSc2nccnc2Sc2cccc(C)c2)c(OC)c1. The molecule has 3 rings (SSSR count). The standard InChI is InChI=1S/C21H21N3O3S2/c1-14-5-4-6-16(11-14)29-21-20(22-9-10-23-21)28-13-19(25)24-17-8-7-15(26-2)12-18(17)27-3/h4-12H,13H2,1-3H3,(H,24,25). The highest BCUT2D eigenvalue weighted by atomic mass is 32.2. The van der Waals surface area contributed by atoms with Crippen molar-refractivity contribution in [2.45, 2.75) is 21.9 Å². The third kappa shape index (κ3) is 5.88. The van der Waals surface area contributed by atoms with Crippen LogP contribution in [0.1, 0.15) is 5.56 Å². The van der Waals surface area contributed by atoms with Crippen LogP contribution >= 0.6 is 23.5 Å². The maximum absolute atomic E-state index is 12.4. The van der Waals surface area contributed by atoms with E-state index in [-0.39, 0.29) is 11.7 Å². The summed E-state index contributed by atoms with van der Waals surface area (Å²) in [7, 11) is 3.13. The zero-order chi connectivity index (χ0) is 20.6. The molecule has 29 heavy (non-hydrogen) atoms. The molecule has 0 radical (unpaired) electrons. The van der Waals surface area contributed by atoms with E-state index in [1.54, 1.807) is 44.8 Å². The fraction of sp³-hybridized carbons (Fsp3) is 0.190. The summed E-state index contributed by atoms with van der Waals surface area (Å²) in [5.74, 6) is 1.25. The molecule has 0 saturated heterocycles. The molecule has 0 bridgehead atoms. The summed E-state index contributed by atoms with van der Waals surface area (Å²) in [5.41, 5.74) is 1.77. The summed E-state index contributed by atoms with van der Waals surface area (Å²) in [6.45, 7) is 2.05. The van der Waals surface area contributed by atoms with Crippen LogP contribution in [-0.4, -0.2) is 35.8 Å². The van der Waals surface area contributed by atoms with E-state index >= 15 is 0 Å². The second kappa shape index (κ2) is 10.2. The van der Waals surface area contributed by atoms with Gasteiger partial charge in [0.2, 0.25) is 5.91 Å². The number of aromatic nitrogens is 2. The first-order valence-corrected chi connectivity index (χ1v) is 10.6. The van der Waals surface area contributed by atoms with Gasteiger partial charge in [-0.1, -0.05) is 41.2 Å². The van der Waals surface area contributed by atoms with Gasteiger partial charge in [-0.25, -0.2) is 9.97 Å². The smallest absolute Gasteiger partial charge is 0.234 e. The van der Waals surface area contributed by atoms with Crippen LogP contribution in [0, 0.1) is 6.92 Å². The Morgan fingerprint density at radius 2 is 1.83 bits per heavy atom. The maximum Gasteiger partial charge on any atom is 0.234 e. The Balaban J connectivity index is 1.65. The van der Waals surface area contributed by atoms with Crippen LogP contribution in [0.25, 0.3) is 0 Å². The van der Waals surface area contributed by atoms with E-state index in [9.17, 15) is 4.79 Å². The van der Waals surface area contributed by atoms with Crippen molar-refractivity contribution in [2.75, 3.05) is 25.3 Å². The van der Waals surface area contributed by atoms with E-state index in [1.807, 2.05) is 25.1 Å². The quantitative estimate of drug-likeness (QED) is 0.523. The summed E-state index contributed by atoms with van der Waals surface area (Å²) in [6.07, 6.45) is 3.29. The Labute approximate surface area is 178 Å². The lowest BCUT2D eigenvalue weighted by atomic mass is 10.2. The Hall–Kier alpha value is -2.71. The maximum atomic E-state index is 12.4. The molecule has 0 fully saturated rings. The first-order valence-electron chi connectivity index (χ1n) is 8.79. The first kappa shape index (κ1) is 21.0.